The number of likely N-dealkylation sites (tertiary alicyclic amines) is 1. The average Bonchev–Trinajstić information content (AvgIpc) is 3.29. The Balaban J connectivity index is 1.60. The molecule has 12 heteroatoms. The number of amides is 1. The second-order valence-electron chi connectivity index (χ2n) is 6.64. The van der Waals surface area contributed by atoms with Gasteiger partial charge in [-0.05, 0) is 12.1 Å². The van der Waals surface area contributed by atoms with Crippen molar-refractivity contribution in [1.29, 1.82) is 0 Å². The van der Waals surface area contributed by atoms with Crippen LogP contribution in [0, 0.1) is 0 Å². The topological polar surface area (TPSA) is 105 Å². The third kappa shape index (κ3) is 4.07. The molecule has 158 valence electrons. The van der Waals surface area contributed by atoms with Crippen molar-refractivity contribution in [2.24, 2.45) is 0 Å². The first-order valence-electron chi connectivity index (χ1n) is 9.02. The number of hydrogen-bond acceptors (Lipinski definition) is 6. The molecule has 0 saturated carbocycles. The molecule has 1 amide bonds. The number of alkyl halides is 3. The highest BCUT2D eigenvalue weighted by Crippen LogP contribution is 2.25. The number of halogens is 3. The number of nitrogens with one attached hydrogen (secondary N) is 1. The summed E-state index contributed by atoms with van der Waals surface area (Å²) in [5, 5.41) is 12.2. The Hall–Kier alpha value is -3.57. The minimum absolute atomic E-state index is 0.00775. The van der Waals surface area contributed by atoms with Gasteiger partial charge < -0.3 is 15.2 Å². The molecule has 2 N–H and O–H groups in total. The van der Waals surface area contributed by atoms with Crippen molar-refractivity contribution in [2.45, 2.75) is 25.2 Å². The van der Waals surface area contributed by atoms with E-state index in [9.17, 15) is 23.1 Å². The molecule has 3 aromatic rings. The summed E-state index contributed by atoms with van der Waals surface area (Å²) in [7, 11) is 0. The van der Waals surface area contributed by atoms with Crippen LogP contribution in [0.15, 0.2) is 36.8 Å². The lowest BCUT2D eigenvalue weighted by Crippen LogP contribution is -2.39. The molecule has 0 bridgehead atoms. The third-order valence-corrected chi connectivity index (χ3v) is 4.55. The number of aromatic nitrogens is 4. The van der Waals surface area contributed by atoms with Gasteiger partial charge in [-0.25, -0.2) is 32.9 Å². The van der Waals surface area contributed by atoms with Gasteiger partial charge in [0.25, 0.3) is 6.43 Å². The highest BCUT2D eigenvalue weighted by atomic mass is 19.3. The number of nitrogens with zero attached hydrogens (tertiary/aromatic N) is 5. The Labute approximate surface area is 168 Å². The Bertz CT molecular complexity index is 1060. The lowest BCUT2D eigenvalue weighted by molar-refractivity contribution is 0.0793. The number of anilines is 1. The van der Waals surface area contributed by atoms with Crippen LogP contribution >= 0.6 is 0 Å². The first kappa shape index (κ1) is 19.7. The van der Waals surface area contributed by atoms with Gasteiger partial charge >= 0.3 is 6.09 Å². The van der Waals surface area contributed by atoms with Crippen molar-refractivity contribution in [3.63, 3.8) is 0 Å². The van der Waals surface area contributed by atoms with Crippen LogP contribution in [-0.4, -0.2) is 67.4 Å². The van der Waals surface area contributed by atoms with Gasteiger partial charge in [-0.15, -0.1) is 0 Å². The summed E-state index contributed by atoms with van der Waals surface area (Å²) < 4.78 is 45.0. The molecule has 1 aliphatic heterocycles. The molecule has 1 aliphatic rings. The second-order valence-corrected chi connectivity index (χ2v) is 6.64. The normalized spacial score (nSPS) is 18.9. The fourth-order valence-corrected chi connectivity index (χ4v) is 3.25. The van der Waals surface area contributed by atoms with Crippen LogP contribution in [0.5, 0.6) is 5.88 Å². The fraction of sp³-hybridized carbons (Fsp3) is 0.333. The predicted molar refractivity (Wildman–Crippen MR) is 99.4 cm³/mol. The molecule has 0 aromatic carbocycles. The Morgan fingerprint density at radius 1 is 1.33 bits per heavy atom. The molecule has 2 unspecified atom stereocenters. The summed E-state index contributed by atoms with van der Waals surface area (Å²) >= 11 is 0. The molecule has 4 heterocycles. The largest absolute Gasteiger partial charge is 0.471 e. The van der Waals surface area contributed by atoms with E-state index in [-0.39, 0.29) is 18.8 Å². The Kier molecular flexibility index (Phi) is 5.29. The minimum atomic E-state index is -2.63. The quantitative estimate of drug-likeness (QED) is 0.629. The van der Waals surface area contributed by atoms with Crippen LogP contribution in [0.1, 0.15) is 6.42 Å². The third-order valence-electron chi connectivity index (χ3n) is 4.55. The van der Waals surface area contributed by atoms with E-state index in [4.69, 9.17) is 4.74 Å². The van der Waals surface area contributed by atoms with Crippen molar-refractivity contribution < 1.29 is 27.8 Å². The standard InChI is InChI=1S/C18H17F3N6O3/c19-10-4-15(27(7-10)18(28)29)25-14-3-1-2-11(24-14)12-5-22-16-6-23-17(8-26(12)16)30-9-13(20)21/h1-3,5-6,8,10,13,15H,4,7,9H2,(H,24,25)(H,28,29). The second kappa shape index (κ2) is 8.05. The summed E-state index contributed by atoms with van der Waals surface area (Å²) in [6, 6.07) is 5.04. The summed E-state index contributed by atoms with van der Waals surface area (Å²) in [4.78, 5) is 24.9. The van der Waals surface area contributed by atoms with E-state index < -0.39 is 31.5 Å². The van der Waals surface area contributed by atoms with Crippen LogP contribution in [0.4, 0.5) is 23.8 Å². The summed E-state index contributed by atoms with van der Waals surface area (Å²) in [5.74, 6) is 0.365. The number of imidazole rings is 1. The van der Waals surface area contributed by atoms with E-state index in [0.29, 0.717) is 22.9 Å². The smallest absolute Gasteiger partial charge is 0.409 e. The molecule has 9 nitrogen and oxygen atoms in total. The van der Waals surface area contributed by atoms with E-state index in [2.05, 4.69) is 20.3 Å². The lowest BCUT2D eigenvalue weighted by atomic mass is 10.2. The monoisotopic (exact) mass is 422 g/mol. The summed E-state index contributed by atoms with van der Waals surface area (Å²) in [6.07, 6.45) is -1.45. The van der Waals surface area contributed by atoms with E-state index in [1.54, 1.807) is 22.6 Å². The van der Waals surface area contributed by atoms with Gasteiger partial charge in [-0.3, -0.25) is 9.30 Å². The summed E-state index contributed by atoms with van der Waals surface area (Å²) in [5.41, 5.74) is 1.49. The van der Waals surface area contributed by atoms with Crippen molar-refractivity contribution in [2.75, 3.05) is 18.5 Å². The van der Waals surface area contributed by atoms with E-state index in [1.165, 1.54) is 18.6 Å². The number of hydrogen-bond donors (Lipinski definition) is 2. The number of fused-ring (bicyclic) bond motifs is 1. The van der Waals surface area contributed by atoms with Crippen LogP contribution in [0.25, 0.3) is 17.0 Å². The molecule has 0 aliphatic carbocycles. The van der Waals surface area contributed by atoms with Gasteiger partial charge in [0.2, 0.25) is 5.88 Å². The van der Waals surface area contributed by atoms with E-state index in [1.807, 2.05) is 0 Å². The maximum Gasteiger partial charge on any atom is 0.409 e. The number of carbonyl (C=O) groups is 1. The molecule has 2 atom stereocenters. The van der Waals surface area contributed by atoms with Gasteiger partial charge in [0.15, 0.2) is 12.3 Å². The molecule has 1 saturated heterocycles. The van der Waals surface area contributed by atoms with Gasteiger partial charge in [0.05, 0.1) is 36.5 Å². The molecule has 30 heavy (non-hydrogen) atoms. The maximum atomic E-state index is 13.7. The van der Waals surface area contributed by atoms with Crippen LogP contribution < -0.4 is 10.1 Å². The molecular weight excluding hydrogens is 405 g/mol. The minimum Gasteiger partial charge on any atom is -0.471 e. The average molecular weight is 422 g/mol. The zero-order valence-electron chi connectivity index (χ0n) is 15.5. The molecule has 0 radical (unpaired) electrons. The van der Waals surface area contributed by atoms with Crippen LogP contribution in [0.3, 0.4) is 0 Å². The zero-order valence-corrected chi connectivity index (χ0v) is 15.5. The van der Waals surface area contributed by atoms with Gasteiger partial charge in [0.1, 0.15) is 18.2 Å². The number of pyridine rings is 1. The van der Waals surface area contributed by atoms with Crippen molar-refractivity contribution in [3.05, 3.63) is 36.8 Å². The van der Waals surface area contributed by atoms with Crippen molar-refractivity contribution in [1.82, 2.24) is 24.3 Å². The molecule has 1 fully saturated rings. The highest BCUT2D eigenvalue weighted by molar-refractivity contribution is 5.67. The molecule has 4 rings (SSSR count). The zero-order chi connectivity index (χ0) is 21.3. The molecule has 3 aromatic heterocycles. The van der Waals surface area contributed by atoms with E-state index in [0.717, 1.165) is 4.90 Å². The fourth-order valence-electron chi connectivity index (χ4n) is 3.25. The van der Waals surface area contributed by atoms with Gasteiger partial charge in [-0.2, -0.15) is 0 Å². The van der Waals surface area contributed by atoms with Gasteiger partial charge in [-0.1, -0.05) is 6.07 Å². The lowest BCUT2D eigenvalue weighted by Gasteiger charge is -2.22. The SMILES string of the molecule is O=C(O)N1CC(F)CC1Nc1cccc(-c2cnc3cnc(OCC(F)F)cn23)n1. The number of ether oxygens (including phenoxy) is 1. The van der Waals surface area contributed by atoms with Crippen molar-refractivity contribution in [3.8, 4) is 17.3 Å². The van der Waals surface area contributed by atoms with Gasteiger partial charge in [0, 0.05) is 6.42 Å². The first-order chi connectivity index (χ1) is 14.4. The Morgan fingerprint density at radius 3 is 2.93 bits per heavy atom. The highest BCUT2D eigenvalue weighted by Gasteiger charge is 2.35. The van der Waals surface area contributed by atoms with Crippen molar-refractivity contribution >= 4 is 17.6 Å². The molecule has 0 spiro atoms. The predicted octanol–water partition coefficient (Wildman–Crippen LogP) is 2.90. The first-order valence-corrected chi connectivity index (χ1v) is 9.02. The Morgan fingerprint density at radius 2 is 2.17 bits per heavy atom. The maximum absolute atomic E-state index is 13.7. The van der Waals surface area contributed by atoms with Crippen LogP contribution in [0.2, 0.25) is 0 Å². The van der Waals surface area contributed by atoms with E-state index >= 15 is 0 Å². The summed E-state index contributed by atoms with van der Waals surface area (Å²) in [6.45, 7) is -0.981. The number of rotatable bonds is 6. The molecular formula is C18H17F3N6O3. The number of carboxylic acid groups (broad SMARTS) is 1. The van der Waals surface area contributed by atoms with Crippen LogP contribution in [-0.2, 0) is 0 Å².